The lowest BCUT2D eigenvalue weighted by Gasteiger charge is -2.19. The molecule has 5 heteroatoms. The number of aliphatic hydroxyl groups excluding tert-OH is 1. The van der Waals surface area contributed by atoms with E-state index in [4.69, 9.17) is 9.84 Å². The molecule has 1 aromatic rings. The van der Waals surface area contributed by atoms with Gasteiger partial charge in [-0.3, -0.25) is 4.79 Å². The first-order valence-corrected chi connectivity index (χ1v) is 6.41. The minimum absolute atomic E-state index is 0.0494. The number of hydrogen-bond donors (Lipinski definition) is 1. The molecular weight excluding hydrogens is 250 g/mol. The van der Waals surface area contributed by atoms with E-state index in [1.165, 1.54) is 18.4 Å². The van der Waals surface area contributed by atoms with E-state index in [1.54, 1.807) is 18.9 Å². The smallest absolute Gasteiger partial charge is 0.251 e. The Hall–Kier alpha value is -1.35. The summed E-state index contributed by atoms with van der Waals surface area (Å²) in [5.74, 6) is 5.39. The monoisotopic (exact) mass is 267 g/mol. The molecule has 1 amide bonds. The van der Waals surface area contributed by atoms with Crippen molar-refractivity contribution in [3.05, 3.63) is 21.9 Å². The Morgan fingerprint density at radius 1 is 1.67 bits per heavy atom. The van der Waals surface area contributed by atoms with Gasteiger partial charge >= 0.3 is 0 Å². The summed E-state index contributed by atoms with van der Waals surface area (Å²) >= 11 is 1.50. The highest BCUT2D eigenvalue weighted by Crippen LogP contribution is 2.15. The van der Waals surface area contributed by atoms with Gasteiger partial charge in [0.05, 0.1) is 4.88 Å². The van der Waals surface area contributed by atoms with Gasteiger partial charge in [0.2, 0.25) is 0 Å². The number of ether oxygens (including phenoxy) is 1. The summed E-state index contributed by atoms with van der Waals surface area (Å²) in [6.07, 6.45) is -0.428. The Morgan fingerprint density at radius 3 is 3.00 bits per heavy atom. The van der Waals surface area contributed by atoms with Crippen LogP contribution in [0.15, 0.2) is 11.4 Å². The number of methoxy groups -OCH3 is 1. The summed E-state index contributed by atoms with van der Waals surface area (Å²) in [5.41, 5.74) is 1.03. The SMILES string of the molecule is COC(C)C(=O)N(C)Cc1csc(C#CCO)c1. The number of aliphatic hydroxyl groups is 1. The lowest BCUT2D eigenvalue weighted by molar-refractivity contribution is -0.140. The van der Waals surface area contributed by atoms with E-state index < -0.39 is 6.10 Å². The van der Waals surface area contributed by atoms with Gasteiger partial charge in [-0.25, -0.2) is 0 Å². The first-order chi connectivity index (χ1) is 8.58. The third-order valence-electron chi connectivity index (χ3n) is 2.44. The fourth-order valence-electron chi connectivity index (χ4n) is 1.41. The molecule has 1 rings (SSSR count). The highest BCUT2D eigenvalue weighted by atomic mass is 32.1. The van der Waals surface area contributed by atoms with E-state index in [9.17, 15) is 4.79 Å². The molecule has 0 saturated carbocycles. The molecule has 1 atom stereocenters. The van der Waals surface area contributed by atoms with Gasteiger partial charge in [0, 0.05) is 20.7 Å². The maximum Gasteiger partial charge on any atom is 0.251 e. The number of likely N-dealkylation sites (N-methyl/N-ethyl adjacent to an activating group) is 1. The van der Waals surface area contributed by atoms with Crippen LogP contribution in [0.2, 0.25) is 0 Å². The molecule has 0 saturated heterocycles. The number of rotatable bonds is 4. The van der Waals surface area contributed by atoms with Gasteiger partial charge < -0.3 is 14.7 Å². The largest absolute Gasteiger partial charge is 0.384 e. The summed E-state index contributed by atoms with van der Waals surface area (Å²) in [4.78, 5) is 14.3. The van der Waals surface area contributed by atoms with E-state index in [-0.39, 0.29) is 12.5 Å². The van der Waals surface area contributed by atoms with Crippen LogP contribution in [0.4, 0.5) is 0 Å². The second-order valence-corrected chi connectivity index (χ2v) is 4.76. The van der Waals surface area contributed by atoms with E-state index in [2.05, 4.69) is 11.8 Å². The standard InChI is InChI=1S/C13H17NO3S/c1-10(17-3)13(16)14(2)8-11-7-12(18-9-11)5-4-6-15/h7,9-10,15H,6,8H2,1-3H3. The molecule has 1 unspecified atom stereocenters. The number of carbonyl (C=O) groups is 1. The molecule has 4 nitrogen and oxygen atoms in total. The molecule has 0 aliphatic rings. The van der Waals surface area contributed by atoms with Crippen LogP contribution in [0.3, 0.4) is 0 Å². The Labute approximate surface area is 111 Å². The molecule has 1 aromatic heterocycles. The minimum Gasteiger partial charge on any atom is -0.384 e. The van der Waals surface area contributed by atoms with Gasteiger partial charge in [0.25, 0.3) is 5.91 Å². The summed E-state index contributed by atoms with van der Waals surface area (Å²) in [7, 11) is 3.26. The van der Waals surface area contributed by atoms with Gasteiger partial charge in [0.1, 0.15) is 12.7 Å². The van der Waals surface area contributed by atoms with Crippen molar-refractivity contribution in [1.82, 2.24) is 4.90 Å². The zero-order valence-corrected chi connectivity index (χ0v) is 11.6. The lowest BCUT2D eigenvalue weighted by Crippen LogP contribution is -2.35. The number of thiophene rings is 1. The van der Waals surface area contributed by atoms with Crippen molar-refractivity contribution in [1.29, 1.82) is 0 Å². The fourth-order valence-corrected chi connectivity index (χ4v) is 2.19. The molecule has 0 bridgehead atoms. The normalized spacial score (nSPS) is 11.6. The Balaban J connectivity index is 2.62. The molecule has 1 N–H and O–H groups in total. The van der Waals surface area contributed by atoms with Gasteiger partial charge in [-0.2, -0.15) is 0 Å². The molecule has 0 aliphatic carbocycles. The van der Waals surface area contributed by atoms with Crippen LogP contribution in [0, 0.1) is 11.8 Å². The third-order valence-corrected chi connectivity index (χ3v) is 3.34. The van der Waals surface area contributed by atoms with E-state index in [0.717, 1.165) is 10.4 Å². The molecular formula is C13H17NO3S. The van der Waals surface area contributed by atoms with Crippen molar-refractivity contribution in [2.75, 3.05) is 20.8 Å². The molecule has 0 aromatic carbocycles. The predicted octanol–water partition coefficient (Wildman–Crippen LogP) is 1.09. The summed E-state index contributed by atoms with van der Waals surface area (Å²) in [5, 5.41) is 10.6. The molecule has 0 spiro atoms. The number of amides is 1. The van der Waals surface area contributed by atoms with E-state index in [1.807, 2.05) is 11.4 Å². The van der Waals surface area contributed by atoms with Gasteiger partial charge in [0.15, 0.2) is 0 Å². The van der Waals surface area contributed by atoms with Crippen LogP contribution in [0.1, 0.15) is 17.4 Å². The van der Waals surface area contributed by atoms with E-state index in [0.29, 0.717) is 6.54 Å². The van der Waals surface area contributed by atoms with Crippen molar-refractivity contribution in [3.63, 3.8) is 0 Å². The highest BCUT2D eigenvalue weighted by molar-refractivity contribution is 7.10. The van der Waals surface area contributed by atoms with Crippen LogP contribution >= 0.6 is 11.3 Å². The quantitative estimate of drug-likeness (QED) is 0.831. The van der Waals surface area contributed by atoms with Crippen LogP contribution < -0.4 is 0 Å². The molecule has 0 radical (unpaired) electrons. The van der Waals surface area contributed by atoms with Crippen molar-refractivity contribution < 1.29 is 14.6 Å². The maximum atomic E-state index is 11.8. The Bertz CT molecular complexity index is 458. The molecule has 98 valence electrons. The highest BCUT2D eigenvalue weighted by Gasteiger charge is 2.16. The molecule has 18 heavy (non-hydrogen) atoms. The predicted molar refractivity (Wildman–Crippen MR) is 71.2 cm³/mol. The maximum absolute atomic E-state index is 11.8. The fraction of sp³-hybridized carbons (Fsp3) is 0.462. The third kappa shape index (κ3) is 4.15. The van der Waals surface area contributed by atoms with Gasteiger partial charge in [-0.05, 0) is 23.9 Å². The zero-order valence-electron chi connectivity index (χ0n) is 10.8. The summed E-state index contributed by atoms with van der Waals surface area (Å²) in [6, 6.07) is 1.93. The van der Waals surface area contributed by atoms with Crippen molar-refractivity contribution in [2.24, 2.45) is 0 Å². The Kier molecular flexibility index (Phi) is 5.86. The Morgan fingerprint density at radius 2 is 2.39 bits per heavy atom. The number of carbonyl (C=O) groups excluding carboxylic acids is 1. The van der Waals surface area contributed by atoms with Crippen LogP contribution in [0.25, 0.3) is 0 Å². The first-order valence-electron chi connectivity index (χ1n) is 5.53. The topological polar surface area (TPSA) is 49.8 Å². The van der Waals surface area contributed by atoms with Crippen molar-refractivity contribution in [2.45, 2.75) is 19.6 Å². The lowest BCUT2D eigenvalue weighted by atomic mass is 10.2. The van der Waals surface area contributed by atoms with Crippen molar-refractivity contribution >= 4 is 17.2 Å². The number of hydrogen-bond acceptors (Lipinski definition) is 4. The minimum atomic E-state index is -0.428. The molecule has 0 aliphatic heterocycles. The van der Waals surface area contributed by atoms with E-state index >= 15 is 0 Å². The summed E-state index contributed by atoms with van der Waals surface area (Å²) < 4.78 is 4.99. The van der Waals surface area contributed by atoms with Gasteiger partial charge in [-0.1, -0.05) is 11.8 Å². The second kappa shape index (κ2) is 7.17. The first kappa shape index (κ1) is 14.7. The molecule has 0 fully saturated rings. The summed E-state index contributed by atoms with van der Waals surface area (Å²) in [6.45, 7) is 2.12. The van der Waals surface area contributed by atoms with Crippen LogP contribution in [-0.2, 0) is 16.1 Å². The number of nitrogens with zero attached hydrogens (tertiary/aromatic N) is 1. The van der Waals surface area contributed by atoms with Crippen LogP contribution in [-0.4, -0.2) is 42.8 Å². The molecule has 1 heterocycles. The van der Waals surface area contributed by atoms with Crippen molar-refractivity contribution in [3.8, 4) is 11.8 Å². The average Bonchev–Trinajstić information content (AvgIpc) is 2.81. The zero-order chi connectivity index (χ0) is 13.5. The van der Waals surface area contributed by atoms with Crippen LogP contribution in [0.5, 0.6) is 0 Å². The average molecular weight is 267 g/mol. The van der Waals surface area contributed by atoms with Gasteiger partial charge in [-0.15, -0.1) is 11.3 Å². The second-order valence-electron chi connectivity index (χ2n) is 3.85.